The Kier molecular flexibility index (Phi) is 6.50. The molecule has 0 spiro atoms. The molecule has 0 aliphatic carbocycles. The Labute approximate surface area is 125 Å². The van der Waals surface area contributed by atoms with Gasteiger partial charge >= 0.3 is 0 Å². The van der Waals surface area contributed by atoms with Gasteiger partial charge in [-0.25, -0.2) is 0 Å². The molecule has 0 bridgehead atoms. The maximum atomic E-state index is 5.57. The van der Waals surface area contributed by atoms with Gasteiger partial charge in [0.25, 0.3) is 0 Å². The molecule has 1 aromatic rings. The topological polar surface area (TPSA) is 49.3 Å². The summed E-state index contributed by atoms with van der Waals surface area (Å²) < 4.78 is 16.2. The molecule has 1 atom stereocenters. The molecule has 116 valence electrons. The van der Waals surface area contributed by atoms with Crippen LogP contribution in [-0.2, 0) is 14.3 Å². The number of rotatable bonds is 7. The lowest BCUT2D eigenvalue weighted by Crippen LogP contribution is -2.23. The average Bonchev–Trinajstić information content (AvgIpc) is 2.55. The van der Waals surface area contributed by atoms with Crippen molar-refractivity contribution in [2.45, 2.75) is 32.5 Å². The summed E-state index contributed by atoms with van der Waals surface area (Å²) >= 11 is 0. The molecule has 0 radical (unpaired) electrons. The van der Waals surface area contributed by atoms with Crippen LogP contribution in [0.1, 0.15) is 31.7 Å². The van der Waals surface area contributed by atoms with Crippen molar-refractivity contribution in [3.05, 3.63) is 29.8 Å². The average molecular weight is 293 g/mol. The lowest BCUT2D eigenvalue weighted by atomic mass is 10.1. The van der Waals surface area contributed by atoms with Crippen LogP contribution in [-0.4, -0.2) is 38.9 Å². The van der Waals surface area contributed by atoms with E-state index in [1.165, 1.54) is 6.42 Å². The van der Waals surface area contributed by atoms with Crippen molar-refractivity contribution in [1.82, 2.24) is 0 Å². The van der Waals surface area contributed by atoms with E-state index in [-0.39, 0.29) is 6.29 Å². The van der Waals surface area contributed by atoms with Crippen LogP contribution in [0, 0.1) is 0 Å². The molecule has 1 unspecified atom stereocenters. The van der Waals surface area contributed by atoms with Crippen LogP contribution in [0.15, 0.2) is 29.4 Å². The number of benzene rings is 1. The van der Waals surface area contributed by atoms with Crippen LogP contribution in [0.4, 0.5) is 0 Å². The van der Waals surface area contributed by atoms with E-state index in [0.29, 0.717) is 13.2 Å². The Balaban J connectivity index is 1.67. The van der Waals surface area contributed by atoms with Gasteiger partial charge in [0.1, 0.15) is 12.4 Å². The molecule has 0 aromatic heterocycles. The van der Waals surface area contributed by atoms with Gasteiger partial charge in [-0.05, 0) is 56.0 Å². The summed E-state index contributed by atoms with van der Waals surface area (Å²) in [5, 5.41) is 4.09. The van der Waals surface area contributed by atoms with Crippen molar-refractivity contribution >= 4 is 5.71 Å². The van der Waals surface area contributed by atoms with Crippen molar-refractivity contribution in [1.29, 1.82) is 0 Å². The van der Waals surface area contributed by atoms with E-state index < -0.39 is 0 Å². The first-order valence-corrected chi connectivity index (χ1v) is 7.34. The van der Waals surface area contributed by atoms with E-state index in [1.54, 1.807) is 7.11 Å². The van der Waals surface area contributed by atoms with Crippen LogP contribution in [0.25, 0.3) is 0 Å². The zero-order valence-electron chi connectivity index (χ0n) is 12.7. The monoisotopic (exact) mass is 293 g/mol. The van der Waals surface area contributed by atoms with Gasteiger partial charge in [-0.3, -0.25) is 0 Å². The number of oxime groups is 1. The highest BCUT2D eigenvalue weighted by Crippen LogP contribution is 2.14. The highest BCUT2D eigenvalue weighted by atomic mass is 16.7. The van der Waals surface area contributed by atoms with Crippen LogP contribution in [0.5, 0.6) is 5.75 Å². The predicted octanol–water partition coefficient (Wildman–Crippen LogP) is 2.98. The quantitative estimate of drug-likeness (QED) is 0.440. The van der Waals surface area contributed by atoms with Crippen LogP contribution < -0.4 is 4.74 Å². The third-order valence-corrected chi connectivity index (χ3v) is 3.33. The minimum absolute atomic E-state index is 0.0750. The number of methoxy groups -OCH3 is 1. The molecule has 5 heteroatoms. The molecule has 1 heterocycles. The smallest absolute Gasteiger partial charge is 0.157 e. The molecule has 21 heavy (non-hydrogen) atoms. The van der Waals surface area contributed by atoms with E-state index in [0.717, 1.165) is 36.5 Å². The Hall–Kier alpha value is -1.59. The first-order valence-electron chi connectivity index (χ1n) is 7.34. The van der Waals surface area contributed by atoms with Crippen molar-refractivity contribution in [2.24, 2.45) is 5.16 Å². The van der Waals surface area contributed by atoms with Gasteiger partial charge < -0.3 is 19.0 Å². The highest BCUT2D eigenvalue weighted by Gasteiger charge is 2.13. The lowest BCUT2D eigenvalue weighted by molar-refractivity contribution is -0.169. The van der Waals surface area contributed by atoms with Crippen molar-refractivity contribution in [3.8, 4) is 5.75 Å². The minimum atomic E-state index is -0.0750. The van der Waals surface area contributed by atoms with Gasteiger partial charge in [0, 0.05) is 6.61 Å². The first-order chi connectivity index (χ1) is 10.3. The summed E-state index contributed by atoms with van der Waals surface area (Å²) in [6.07, 6.45) is 3.19. The molecule has 0 N–H and O–H groups in total. The molecule has 2 rings (SSSR count). The molecule has 1 aliphatic heterocycles. The van der Waals surface area contributed by atoms with Crippen LogP contribution in [0.2, 0.25) is 0 Å². The molecule has 1 aromatic carbocycles. The third-order valence-electron chi connectivity index (χ3n) is 3.33. The number of hydrogen-bond donors (Lipinski definition) is 0. The molecule has 5 nitrogen and oxygen atoms in total. The van der Waals surface area contributed by atoms with E-state index in [9.17, 15) is 0 Å². The molecule has 0 amide bonds. The largest absolute Gasteiger partial charge is 0.497 e. The predicted molar refractivity (Wildman–Crippen MR) is 80.7 cm³/mol. The molecule has 1 fully saturated rings. The standard InChI is InChI=1S/C16H23NO4/c1-13(14-6-8-15(18-2)9-7-14)17-21-12-11-20-16-5-3-4-10-19-16/h6-9,16H,3-5,10-12H2,1-2H3. The molecule has 1 saturated heterocycles. The van der Waals surface area contributed by atoms with E-state index in [1.807, 2.05) is 31.2 Å². The zero-order valence-corrected chi connectivity index (χ0v) is 12.7. The fourth-order valence-electron chi connectivity index (χ4n) is 2.09. The maximum Gasteiger partial charge on any atom is 0.157 e. The fraction of sp³-hybridized carbons (Fsp3) is 0.562. The highest BCUT2D eigenvalue weighted by molar-refractivity contribution is 5.98. The first kappa shape index (κ1) is 15.8. The van der Waals surface area contributed by atoms with Crippen LogP contribution in [0.3, 0.4) is 0 Å². The number of ether oxygens (including phenoxy) is 3. The van der Waals surface area contributed by atoms with Crippen LogP contribution >= 0.6 is 0 Å². The van der Waals surface area contributed by atoms with E-state index in [4.69, 9.17) is 19.0 Å². The fourth-order valence-corrected chi connectivity index (χ4v) is 2.09. The summed E-state index contributed by atoms with van der Waals surface area (Å²) in [6.45, 7) is 3.62. The van der Waals surface area contributed by atoms with Gasteiger partial charge in [-0.15, -0.1) is 0 Å². The van der Waals surface area contributed by atoms with Gasteiger partial charge in [0.15, 0.2) is 6.29 Å². The van der Waals surface area contributed by atoms with E-state index in [2.05, 4.69) is 5.16 Å². The van der Waals surface area contributed by atoms with Gasteiger partial charge in [-0.2, -0.15) is 0 Å². The lowest BCUT2D eigenvalue weighted by Gasteiger charge is -2.22. The Morgan fingerprint density at radius 3 is 2.71 bits per heavy atom. The normalized spacial score (nSPS) is 19.3. The van der Waals surface area contributed by atoms with Gasteiger partial charge in [0.2, 0.25) is 0 Å². The van der Waals surface area contributed by atoms with Crippen molar-refractivity contribution in [3.63, 3.8) is 0 Å². The Morgan fingerprint density at radius 1 is 1.24 bits per heavy atom. The van der Waals surface area contributed by atoms with E-state index >= 15 is 0 Å². The second-order valence-electron chi connectivity index (χ2n) is 4.91. The molecular weight excluding hydrogens is 270 g/mol. The molecule has 1 aliphatic rings. The minimum Gasteiger partial charge on any atom is -0.497 e. The summed E-state index contributed by atoms with van der Waals surface area (Å²) in [6, 6.07) is 7.70. The number of nitrogens with zero attached hydrogens (tertiary/aromatic N) is 1. The van der Waals surface area contributed by atoms with Gasteiger partial charge in [0.05, 0.1) is 19.4 Å². The number of hydrogen-bond acceptors (Lipinski definition) is 5. The van der Waals surface area contributed by atoms with Crippen molar-refractivity contribution in [2.75, 3.05) is 26.9 Å². The summed E-state index contributed by atoms with van der Waals surface area (Å²) in [4.78, 5) is 5.27. The Bertz CT molecular complexity index is 438. The summed E-state index contributed by atoms with van der Waals surface area (Å²) in [5.41, 5.74) is 1.83. The molecule has 0 saturated carbocycles. The SMILES string of the molecule is COc1ccc(C(C)=NOCCOC2CCCCO2)cc1. The second-order valence-corrected chi connectivity index (χ2v) is 4.91. The van der Waals surface area contributed by atoms with Gasteiger partial charge in [-0.1, -0.05) is 5.16 Å². The second kappa shape index (κ2) is 8.64. The van der Waals surface area contributed by atoms with Crippen molar-refractivity contribution < 1.29 is 19.0 Å². The maximum absolute atomic E-state index is 5.57. The Morgan fingerprint density at radius 2 is 2.05 bits per heavy atom. The summed E-state index contributed by atoms with van der Waals surface area (Å²) in [7, 11) is 1.65. The zero-order chi connectivity index (χ0) is 14.9. The molecular formula is C16H23NO4. The summed E-state index contributed by atoms with van der Waals surface area (Å²) in [5.74, 6) is 0.827. The third kappa shape index (κ3) is 5.36.